The van der Waals surface area contributed by atoms with Crippen molar-refractivity contribution < 1.29 is 14.3 Å². The highest BCUT2D eigenvalue weighted by Gasteiger charge is 2.31. The Labute approximate surface area is 191 Å². The summed E-state index contributed by atoms with van der Waals surface area (Å²) in [6.07, 6.45) is 3.30. The molecule has 0 spiro atoms. The first-order chi connectivity index (χ1) is 15.8. The van der Waals surface area contributed by atoms with Crippen LogP contribution in [0.3, 0.4) is 0 Å². The Kier molecular flexibility index (Phi) is 5.44. The van der Waals surface area contributed by atoms with E-state index in [4.69, 9.17) is 0 Å². The molecule has 33 heavy (non-hydrogen) atoms. The maximum atomic E-state index is 15.4. The quantitative estimate of drug-likeness (QED) is 0.633. The van der Waals surface area contributed by atoms with E-state index in [0.717, 1.165) is 25.9 Å². The van der Waals surface area contributed by atoms with Gasteiger partial charge in [0.2, 0.25) is 5.43 Å². The van der Waals surface area contributed by atoms with Gasteiger partial charge in [-0.3, -0.25) is 9.69 Å². The molecule has 1 saturated carbocycles. The van der Waals surface area contributed by atoms with Crippen LogP contribution < -0.4 is 10.3 Å². The number of aromatic nitrogens is 1. The number of hydrogen-bond donors (Lipinski definition) is 1. The number of rotatable bonds is 5. The number of piperazine rings is 1. The minimum Gasteiger partial charge on any atom is -0.477 e. The van der Waals surface area contributed by atoms with Crippen molar-refractivity contribution in [1.29, 1.82) is 0 Å². The van der Waals surface area contributed by atoms with Crippen molar-refractivity contribution in [1.82, 2.24) is 9.47 Å². The van der Waals surface area contributed by atoms with Crippen molar-refractivity contribution in [3.8, 4) is 0 Å². The second-order valence-corrected chi connectivity index (χ2v) is 9.29. The number of benzene rings is 2. The van der Waals surface area contributed by atoms with Gasteiger partial charge in [0.25, 0.3) is 0 Å². The van der Waals surface area contributed by atoms with Gasteiger partial charge in [-0.2, -0.15) is 0 Å². The number of anilines is 1. The fourth-order valence-corrected chi connectivity index (χ4v) is 5.10. The maximum absolute atomic E-state index is 15.4. The van der Waals surface area contributed by atoms with E-state index in [0.29, 0.717) is 29.9 Å². The normalized spacial score (nSPS) is 19.2. The molecule has 1 aliphatic heterocycles. The van der Waals surface area contributed by atoms with E-state index in [2.05, 4.69) is 28.9 Å². The Bertz CT molecular complexity index is 1280. The molecule has 3 aromatic rings. The molecule has 2 heterocycles. The van der Waals surface area contributed by atoms with E-state index in [1.54, 1.807) is 0 Å². The molecule has 1 saturated heterocycles. The van der Waals surface area contributed by atoms with E-state index in [9.17, 15) is 14.7 Å². The fraction of sp³-hybridized carbons (Fsp3) is 0.385. The summed E-state index contributed by atoms with van der Waals surface area (Å²) in [5, 5.41) is 9.64. The summed E-state index contributed by atoms with van der Waals surface area (Å²) in [5.41, 5.74) is 2.21. The van der Waals surface area contributed by atoms with Gasteiger partial charge in [0.05, 0.1) is 11.2 Å². The summed E-state index contributed by atoms with van der Waals surface area (Å²) >= 11 is 0. The second kappa shape index (κ2) is 8.30. The second-order valence-electron chi connectivity index (χ2n) is 9.29. The van der Waals surface area contributed by atoms with Crippen molar-refractivity contribution in [2.75, 3.05) is 24.5 Å². The minimum absolute atomic E-state index is 0.149. The van der Waals surface area contributed by atoms with Crippen LogP contribution in [0.15, 0.2) is 47.4 Å². The molecule has 0 amide bonds. The number of aromatic carboxylic acids is 1. The Hall–Kier alpha value is -3.19. The first-order valence-corrected chi connectivity index (χ1v) is 11.5. The molecule has 2 aromatic carbocycles. The maximum Gasteiger partial charge on any atom is 0.341 e. The summed E-state index contributed by atoms with van der Waals surface area (Å²) in [4.78, 5) is 28.9. The number of carbonyl (C=O) groups is 1. The summed E-state index contributed by atoms with van der Waals surface area (Å²) < 4.78 is 17.3. The molecule has 7 heteroatoms. The monoisotopic (exact) mass is 449 g/mol. The topological polar surface area (TPSA) is 65.8 Å². The third-order valence-electron chi connectivity index (χ3n) is 6.96. The number of hydrogen-bond acceptors (Lipinski definition) is 4. The van der Waals surface area contributed by atoms with Crippen molar-refractivity contribution in [2.24, 2.45) is 0 Å². The zero-order valence-corrected chi connectivity index (χ0v) is 18.9. The summed E-state index contributed by atoms with van der Waals surface area (Å²) in [7, 11) is 0. The number of carboxylic acid groups (broad SMARTS) is 1. The molecule has 1 unspecified atom stereocenters. The minimum atomic E-state index is -1.28. The average Bonchev–Trinajstić information content (AvgIpc) is 3.62. The highest BCUT2D eigenvalue weighted by atomic mass is 19.1. The van der Waals surface area contributed by atoms with E-state index >= 15 is 4.39 Å². The highest BCUT2D eigenvalue weighted by molar-refractivity contribution is 5.95. The summed E-state index contributed by atoms with van der Waals surface area (Å²) in [5.74, 6) is -1.74. The van der Waals surface area contributed by atoms with Crippen molar-refractivity contribution >= 4 is 22.6 Å². The van der Waals surface area contributed by atoms with Gasteiger partial charge >= 0.3 is 5.97 Å². The first kappa shape index (κ1) is 21.6. The van der Waals surface area contributed by atoms with Crippen LogP contribution >= 0.6 is 0 Å². The highest BCUT2D eigenvalue weighted by Crippen LogP contribution is 2.40. The first-order valence-electron chi connectivity index (χ1n) is 11.5. The number of pyridine rings is 1. The predicted octanol–water partition coefficient (Wildman–Crippen LogP) is 4.19. The lowest BCUT2D eigenvalue weighted by Gasteiger charge is -2.41. The molecule has 1 aromatic heterocycles. The smallest absolute Gasteiger partial charge is 0.341 e. The van der Waals surface area contributed by atoms with Crippen molar-refractivity contribution in [3.63, 3.8) is 0 Å². The van der Waals surface area contributed by atoms with Gasteiger partial charge in [-0.1, -0.05) is 30.3 Å². The Morgan fingerprint density at radius 3 is 2.55 bits per heavy atom. The van der Waals surface area contributed by atoms with E-state index in [-0.39, 0.29) is 23.0 Å². The van der Waals surface area contributed by atoms with Crippen LogP contribution in [-0.2, 0) is 6.54 Å². The average molecular weight is 450 g/mol. The Morgan fingerprint density at radius 2 is 1.91 bits per heavy atom. The fourth-order valence-electron chi connectivity index (χ4n) is 5.10. The molecule has 2 fully saturated rings. The molecular weight excluding hydrogens is 421 g/mol. The zero-order valence-electron chi connectivity index (χ0n) is 18.9. The molecule has 5 rings (SSSR count). The molecule has 172 valence electrons. The van der Waals surface area contributed by atoms with Gasteiger partial charge in [0.1, 0.15) is 11.4 Å². The molecule has 1 N–H and O–H groups in total. The molecule has 0 radical (unpaired) electrons. The largest absolute Gasteiger partial charge is 0.477 e. The van der Waals surface area contributed by atoms with Crippen LogP contribution in [0.4, 0.5) is 10.1 Å². The van der Waals surface area contributed by atoms with Crippen LogP contribution in [0.5, 0.6) is 0 Å². The summed E-state index contributed by atoms with van der Waals surface area (Å²) in [6.45, 7) is 7.02. The molecule has 1 atom stereocenters. The number of fused-ring (bicyclic) bond motifs is 1. The summed E-state index contributed by atoms with van der Waals surface area (Å²) in [6, 6.07) is 12.0. The van der Waals surface area contributed by atoms with Gasteiger partial charge < -0.3 is 14.6 Å². The standard InChI is InChI=1S/C26H28FN3O3/c1-16-13-29(11-10-28(16)14-18-6-4-3-5-7-18)24-17(2)23-20(12-22(24)27)25(31)21(26(32)33)15-30(23)19-8-9-19/h3-7,12,15-16,19H,8-11,13-14H2,1-2H3,(H,32,33). The van der Waals surface area contributed by atoms with Gasteiger partial charge in [0, 0.05) is 49.8 Å². The number of nitrogens with zero attached hydrogens (tertiary/aromatic N) is 3. The lowest BCUT2D eigenvalue weighted by Crippen LogP contribution is -2.51. The van der Waals surface area contributed by atoms with Crippen LogP contribution in [-0.4, -0.2) is 46.2 Å². The van der Waals surface area contributed by atoms with E-state index in [1.165, 1.54) is 17.8 Å². The van der Waals surface area contributed by atoms with Crippen LogP contribution in [0.25, 0.3) is 10.9 Å². The Balaban J connectivity index is 1.52. The number of halogens is 1. The number of aryl methyl sites for hydroxylation is 1. The van der Waals surface area contributed by atoms with Gasteiger partial charge in [-0.15, -0.1) is 0 Å². The lowest BCUT2D eigenvalue weighted by atomic mass is 10.0. The van der Waals surface area contributed by atoms with Gasteiger partial charge in [-0.25, -0.2) is 9.18 Å². The molecule has 6 nitrogen and oxygen atoms in total. The SMILES string of the molecule is Cc1c(N2CCN(Cc3ccccc3)C(C)C2)c(F)cc2c(=O)c(C(=O)O)cn(C3CC3)c12. The van der Waals surface area contributed by atoms with Gasteiger partial charge in [0.15, 0.2) is 0 Å². The van der Waals surface area contributed by atoms with Crippen molar-refractivity contribution in [3.05, 3.63) is 75.3 Å². The predicted molar refractivity (Wildman–Crippen MR) is 127 cm³/mol. The van der Waals surface area contributed by atoms with Crippen molar-refractivity contribution in [2.45, 2.75) is 45.3 Å². The van der Waals surface area contributed by atoms with E-state index in [1.807, 2.05) is 29.7 Å². The van der Waals surface area contributed by atoms with Crippen LogP contribution in [0.1, 0.15) is 47.3 Å². The van der Waals surface area contributed by atoms with Gasteiger partial charge in [-0.05, 0) is 43.9 Å². The Morgan fingerprint density at radius 1 is 1.18 bits per heavy atom. The van der Waals surface area contributed by atoms with Crippen LogP contribution in [0.2, 0.25) is 0 Å². The molecule has 0 bridgehead atoms. The third kappa shape index (κ3) is 3.91. The zero-order chi connectivity index (χ0) is 23.3. The van der Waals surface area contributed by atoms with Crippen LogP contribution in [0, 0.1) is 12.7 Å². The molecule has 2 aliphatic rings. The molecular formula is C26H28FN3O3. The third-order valence-corrected chi connectivity index (χ3v) is 6.96. The lowest BCUT2D eigenvalue weighted by molar-refractivity contribution is 0.0695. The molecule has 1 aliphatic carbocycles. The van der Waals surface area contributed by atoms with E-state index < -0.39 is 17.2 Å². The number of carboxylic acids is 1.